The molecule has 8 heteroatoms. The number of hydrogen-bond acceptors (Lipinski definition) is 6. The molecule has 1 heterocycles. The van der Waals surface area contributed by atoms with Crippen molar-refractivity contribution in [2.24, 2.45) is 0 Å². The zero-order valence-electron chi connectivity index (χ0n) is 14.6. The summed E-state index contributed by atoms with van der Waals surface area (Å²) in [6, 6.07) is 10.8. The van der Waals surface area contributed by atoms with Crippen LogP contribution in [0, 0.1) is 0 Å². The van der Waals surface area contributed by atoms with Crippen molar-refractivity contribution >= 4 is 29.4 Å². The van der Waals surface area contributed by atoms with E-state index in [0.717, 1.165) is 4.90 Å². The second kappa shape index (κ2) is 7.28. The summed E-state index contributed by atoms with van der Waals surface area (Å²) in [5.74, 6) is -1.63. The highest BCUT2D eigenvalue weighted by Crippen LogP contribution is 2.23. The van der Waals surface area contributed by atoms with E-state index in [2.05, 4.69) is 5.32 Å². The van der Waals surface area contributed by atoms with E-state index in [-0.39, 0.29) is 16.7 Å². The number of nitrogens with zero attached hydrogens (tertiary/aromatic N) is 1. The minimum absolute atomic E-state index is 0.0828. The van der Waals surface area contributed by atoms with Gasteiger partial charge in [0.1, 0.15) is 5.75 Å². The number of methoxy groups -OCH3 is 1. The number of ether oxygens (including phenoxy) is 2. The van der Waals surface area contributed by atoms with Crippen molar-refractivity contribution in [2.45, 2.75) is 0 Å². The Morgan fingerprint density at radius 2 is 1.78 bits per heavy atom. The average Bonchev–Trinajstić information content (AvgIpc) is 2.90. The Balaban J connectivity index is 1.62. The number of rotatable bonds is 5. The third-order valence-corrected chi connectivity index (χ3v) is 4.01. The van der Waals surface area contributed by atoms with Crippen LogP contribution in [0.1, 0.15) is 31.1 Å². The van der Waals surface area contributed by atoms with Crippen molar-refractivity contribution in [2.75, 3.05) is 26.1 Å². The molecule has 0 saturated carbocycles. The van der Waals surface area contributed by atoms with E-state index in [1.54, 1.807) is 24.3 Å². The lowest BCUT2D eigenvalue weighted by atomic mass is 10.1. The Bertz CT molecular complexity index is 953. The number of imide groups is 1. The number of esters is 1. The lowest BCUT2D eigenvalue weighted by Crippen LogP contribution is -2.24. The number of hydrogen-bond donors (Lipinski definition) is 1. The molecule has 1 aliphatic rings. The highest BCUT2D eigenvalue weighted by molar-refractivity contribution is 6.21. The second-order valence-corrected chi connectivity index (χ2v) is 5.79. The molecule has 1 N–H and O–H groups in total. The molecule has 0 unspecified atom stereocenters. The molecule has 2 aromatic rings. The summed E-state index contributed by atoms with van der Waals surface area (Å²) in [6.45, 7) is -0.500. The van der Waals surface area contributed by atoms with Crippen molar-refractivity contribution in [3.05, 3.63) is 59.2 Å². The van der Waals surface area contributed by atoms with Gasteiger partial charge in [0.2, 0.25) is 0 Å². The summed E-state index contributed by atoms with van der Waals surface area (Å²) in [5.41, 5.74) is 0.951. The van der Waals surface area contributed by atoms with Crippen LogP contribution < -0.4 is 10.1 Å². The van der Waals surface area contributed by atoms with Gasteiger partial charge in [-0.25, -0.2) is 4.79 Å². The molecule has 0 fully saturated rings. The molecule has 0 aliphatic carbocycles. The fourth-order valence-electron chi connectivity index (χ4n) is 2.60. The third-order valence-electron chi connectivity index (χ3n) is 4.01. The van der Waals surface area contributed by atoms with Gasteiger partial charge in [0.25, 0.3) is 17.7 Å². The van der Waals surface area contributed by atoms with Gasteiger partial charge in [-0.2, -0.15) is 0 Å². The molecule has 0 spiro atoms. The summed E-state index contributed by atoms with van der Waals surface area (Å²) in [5, 5.41) is 2.58. The number of benzene rings is 2. The monoisotopic (exact) mass is 368 g/mol. The van der Waals surface area contributed by atoms with Crippen LogP contribution in [0.4, 0.5) is 5.69 Å². The first-order chi connectivity index (χ1) is 12.9. The summed E-state index contributed by atoms with van der Waals surface area (Å²) < 4.78 is 10.0. The van der Waals surface area contributed by atoms with Gasteiger partial charge >= 0.3 is 5.97 Å². The first kappa shape index (κ1) is 18.1. The molecule has 0 aromatic heterocycles. The Labute approximate surface area is 154 Å². The van der Waals surface area contributed by atoms with E-state index in [1.807, 2.05) is 0 Å². The predicted octanol–water partition coefficient (Wildman–Crippen LogP) is 1.72. The predicted molar refractivity (Wildman–Crippen MR) is 94.8 cm³/mol. The van der Waals surface area contributed by atoms with E-state index < -0.39 is 30.3 Å². The molecule has 27 heavy (non-hydrogen) atoms. The normalized spacial score (nSPS) is 12.6. The second-order valence-electron chi connectivity index (χ2n) is 5.79. The van der Waals surface area contributed by atoms with Crippen molar-refractivity contribution in [1.82, 2.24) is 4.90 Å². The van der Waals surface area contributed by atoms with E-state index in [9.17, 15) is 19.2 Å². The molecule has 0 saturated heterocycles. The molecule has 3 amide bonds. The molecule has 0 atom stereocenters. The van der Waals surface area contributed by atoms with Gasteiger partial charge in [-0.05, 0) is 30.3 Å². The Kier molecular flexibility index (Phi) is 4.89. The minimum Gasteiger partial charge on any atom is -0.497 e. The third kappa shape index (κ3) is 3.64. The summed E-state index contributed by atoms with van der Waals surface area (Å²) in [4.78, 5) is 48.9. The van der Waals surface area contributed by atoms with Gasteiger partial charge in [0.05, 0.1) is 23.8 Å². The van der Waals surface area contributed by atoms with Gasteiger partial charge in [-0.1, -0.05) is 6.07 Å². The van der Waals surface area contributed by atoms with Crippen LogP contribution in [0.5, 0.6) is 5.75 Å². The molecule has 0 radical (unpaired) electrons. The molecular formula is C19H16N2O6. The SMILES string of the molecule is COc1cccc(NC(=O)COC(=O)c2ccc3c(c2)C(=O)N(C)C3=O)c1. The molecule has 3 rings (SSSR count). The number of carbonyl (C=O) groups is 4. The lowest BCUT2D eigenvalue weighted by molar-refractivity contribution is -0.119. The van der Waals surface area contributed by atoms with Crippen molar-refractivity contribution < 1.29 is 28.7 Å². The smallest absolute Gasteiger partial charge is 0.338 e. The summed E-state index contributed by atoms with van der Waals surface area (Å²) >= 11 is 0. The van der Waals surface area contributed by atoms with Crippen LogP contribution in [0.2, 0.25) is 0 Å². The van der Waals surface area contributed by atoms with Crippen molar-refractivity contribution in [3.63, 3.8) is 0 Å². The number of amides is 3. The molecule has 0 bridgehead atoms. The quantitative estimate of drug-likeness (QED) is 0.637. The van der Waals surface area contributed by atoms with Crippen molar-refractivity contribution in [3.8, 4) is 5.75 Å². The van der Waals surface area contributed by atoms with Crippen LogP contribution in [0.15, 0.2) is 42.5 Å². The van der Waals surface area contributed by atoms with E-state index in [4.69, 9.17) is 9.47 Å². The van der Waals surface area contributed by atoms with Crippen LogP contribution in [-0.4, -0.2) is 49.4 Å². The molecule has 1 aliphatic heterocycles. The van der Waals surface area contributed by atoms with Gasteiger partial charge in [-0.3, -0.25) is 19.3 Å². The fourth-order valence-corrected chi connectivity index (χ4v) is 2.60. The van der Waals surface area contributed by atoms with Crippen molar-refractivity contribution in [1.29, 1.82) is 0 Å². The number of nitrogens with one attached hydrogen (secondary N) is 1. The Morgan fingerprint density at radius 3 is 2.52 bits per heavy atom. The maximum atomic E-state index is 12.1. The van der Waals surface area contributed by atoms with E-state index in [0.29, 0.717) is 11.4 Å². The van der Waals surface area contributed by atoms with Crippen LogP contribution in [0.3, 0.4) is 0 Å². The molecule has 138 valence electrons. The van der Waals surface area contributed by atoms with Gasteiger partial charge in [0, 0.05) is 18.8 Å². The standard InChI is InChI=1S/C19H16N2O6/c1-21-17(23)14-7-6-11(8-15(14)18(21)24)19(25)27-10-16(22)20-12-4-3-5-13(9-12)26-2/h3-9H,10H2,1-2H3,(H,20,22). The molecule has 8 nitrogen and oxygen atoms in total. The first-order valence-electron chi connectivity index (χ1n) is 7.98. The highest BCUT2D eigenvalue weighted by Gasteiger charge is 2.33. The average molecular weight is 368 g/mol. The van der Waals surface area contributed by atoms with Gasteiger partial charge in [0.15, 0.2) is 6.61 Å². The Morgan fingerprint density at radius 1 is 1.04 bits per heavy atom. The summed E-state index contributed by atoms with van der Waals surface area (Å²) in [6.07, 6.45) is 0. The first-order valence-corrected chi connectivity index (χ1v) is 7.98. The topological polar surface area (TPSA) is 102 Å². The zero-order valence-corrected chi connectivity index (χ0v) is 14.6. The van der Waals surface area contributed by atoms with Crippen LogP contribution >= 0.6 is 0 Å². The number of anilines is 1. The maximum Gasteiger partial charge on any atom is 0.338 e. The fraction of sp³-hybridized carbons (Fsp3) is 0.158. The van der Waals surface area contributed by atoms with Gasteiger partial charge in [-0.15, -0.1) is 0 Å². The maximum absolute atomic E-state index is 12.1. The molecule has 2 aromatic carbocycles. The summed E-state index contributed by atoms with van der Waals surface area (Å²) in [7, 11) is 2.88. The van der Waals surface area contributed by atoms with Crippen LogP contribution in [0.25, 0.3) is 0 Å². The minimum atomic E-state index is -0.770. The van der Waals surface area contributed by atoms with E-state index >= 15 is 0 Å². The number of fused-ring (bicyclic) bond motifs is 1. The highest BCUT2D eigenvalue weighted by atomic mass is 16.5. The van der Waals surface area contributed by atoms with E-state index in [1.165, 1.54) is 32.4 Å². The van der Waals surface area contributed by atoms with Gasteiger partial charge < -0.3 is 14.8 Å². The zero-order chi connectivity index (χ0) is 19.6. The van der Waals surface area contributed by atoms with Crippen LogP contribution in [-0.2, 0) is 9.53 Å². The Hall–Kier alpha value is -3.68. The largest absolute Gasteiger partial charge is 0.497 e. The number of carbonyl (C=O) groups excluding carboxylic acids is 4. The lowest BCUT2D eigenvalue weighted by Gasteiger charge is -2.08. The molecular weight excluding hydrogens is 352 g/mol.